The van der Waals surface area contributed by atoms with Gasteiger partial charge in [-0.1, -0.05) is 20.8 Å². The van der Waals surface area contributed by atoms with Crippen molar-refractivity contribution >= 4 is 23.6 Å². The van der Waals surface area contributed by atoms with E-state index in [1.165, 1.54) is 4.52 Å². The third kappa shape index (κ3) is 3.62. The zero-order valence-electron chi connectivity index (χ0n) is 16.3. The Bertz CT molecular complexity index is 981. The monoisotopic (exact) mass is 384 g/mol. The summed E-state index contributed by atoms with van der Waals surface area (Å²) in [6.45, 7) is 8.77. The molecule has 0 aliphatic carbocycles. The van der Waals surface area contributed by atoms with E-state index in [1.54, 1.807) is 18.4 Å². The van der Waals surface area contributed by atoms with Crippen LogP contribution in [0, 0.1) is 5.41 Å². The molecule has 3 aromatic heterocycles. The van der Waals surface area contributed by atoms with Crippen LogP contribution in [0.3, 0.4) is 0 Å². The Kier molecular flexibility index (Phi) is 4.40. The molecule has 0 aromatic carbocycles. The Balaban J connectivity index is 1.50. The first kappa shape index (κ1) is 18.2. The summed E-state index contributed by atoms with van der Waals surface area (Å²) in [4.78, 5) is 29.6. The van der Waals surface area contributed by atoms with Crippen molar-refractivity contribution in [3.05, 3.63) is 18.4 Å². The molecule has 0 radical (unpaired) electrons. The van der Waals surface area contributed by atoms with Gasteiger partial charge in [-0.25, -0.2) is 0 Å². The van der Waals surface area contributed by atoms with Gasteiger partial charge in [-0.05, 0) is 17.5 Å². The van der Waals surface area contributed by atoms with Crippen molar-refractivity contribution in [1.82, 2.24) is 29.5 Å². The van der Waals surface area contributed by atoms with E-state index in [9.17, 15) is 4.79 Å². The minimum atomic E-state index is -0.0177. The SMILES string of the molecule is CC(C)(C)CC(=O)N1CCN(c2nc(N)n3nc(-c4ccco4)nc3n2)CC1. The van der Waals surface area contributed by atoms with Crippen LogP contribution >= 0.6 is 0 Å². The number of nitrogen functional groups attached to an aromatic ring is 1. The molecule has 0 unspecified atom stereocenters. The van der Waals surface area contributed by atoms with Crippen molar-refractivity contribution in [2.24, 2.45) is 5.41 Å². The van der Waals surface area contributed by atoms with Crippen molar-refractivity contribution in [3.8, 4) is 11.6 Å². The average Bonchev–Trinajstić information content (AvgIpc) is 3.30. The van der Waals surface area contributed by atoms with E-state index in [0.29, 0.717) is 55.9 Å². The second-order valence-electron chi connectivity index (χ2n) is 8.11. The second kappa shape index (κ2) is 6.77. The van der Waals surface area contributed by atoms with E-state index in [2.05, 4.69) is 40.8 Å². The molecule has 1 aliphatic rings. The van der Waals surface area contributed by atoms with Gasteiger partial charge >= 0.3 is 0 Å². The highest BCUT2D eigenvalue weighted by Crippen LogP contribution is 2.22. The Labute approximate surface area is 162 Å². The molecule has 1 fully saturated rings. The van der Waals surface area contributed by atoms with E-state index in [0.717, 1.165) is 0 Å². The van der Waals surface area contributed by atoms with Gasteiger partial charge in [0, 0.05) is 32.6 Å². The molecule has 4 rings (SSSR count). The summed E-state index contributed by atoms with van der Waals surface area (Å²) in [5.74, 6) is 2.18. The standard InChI is InChI=1S/C18H24N8O2/c1-18(2,3)11-13(27)24-6-8-25(9-7-24)16-21-15(19)26-17(22-16)20-14(23-26)12-5-4-10-28-12/h4-5,10H,6-9,11H2,1-3H3,(H2,19,20,21,22,23). The number of nitrogens with two attached hydrogens (primary N) is 1. The largest absolute Gasteiger partial charge is 0.461 e. The maximum atomic E-state index is 12.4. The number of rotatable bonds is 3. The summed E-state index contributed by atoms with van der Waals surface area (Å²) in [5.41, 5.74) is 6.05. The van der Waals surface area contributed by atoms with Crippen LogP contribution in [0.1, 0.15) is 27.2 Å². The topological polar surface area (TPSA) is 119 Å². The summed E-state index contributed by atoms with van der Waals surface area (Å²) < 4.78 is 6.72. The van der Waals surface area contributed by atoms with Crippen LogP contribution in [0.25, 0.3) is 17.4 Å². The average molecular weight is 384 g/mol. The highest BCUT2D eigenvalue weighted by molar-refractivity contribution is 5.77. The van der Waals surface area contributed by atoms with Crippen LogP contribution in [0.2, 0.25) is 0 Å². The summed E-state index contributed by atoms with van der Waals surface area (Å²) >= 11 is 0. The lowest BCUT2D eigenvalue weighted by Crippen LogP contribution is -2.50. The number of fused-ring (bicyclic) bond motifs is 1. The highest BCUT2D eigenvalue weighted by atomic mass is 16.3. The van der Waals surface area contributed by atoms with Crippen LogP contribution in [-0.2, 0) is 4.79 Å². The molecular formula is C18H24N8O2. The van der Waals surface area contributed by atoms with Crippen molar-refractivity contribution in [3.63, 3.8) is 0 Å². The van der Waals surface area contributed by atoms with Gasteiger partial charge in [-0.2, -0.15) is 19.5 Å². The molecule has 1 aliphatic heterocycles. The molecule has 2 N–H and O–H groups in total. The summed E-state index contributed by atoms with van der Waals surface area (Å²) in [6, 6.07) is 3.54. The van der Waals surface area contributed by atoms with Gasteiger partial charge < -0.3 is 20.0 Å². The summed E-state index contributed by atoms with van der Waals surface area (Å²) in [5, 5.41) is 4.30. The predicted molar refractivity (Wildman–Crippen MR) is 104 cm³/mol. The van der Waals surface area contributed by atoms with Gasteiger partial charge in [0.1, 0.15) is 0 Å². The quantitative estimate of drug-likeness (QED) is 0.721. The second-order valence-corrected chi connectivity index (χ2v) is 8.11. The van der Waals surface area contributed by atoms with E-state index in [-0.39, 0.29) is 17.3 Å². The van der Waals surface area contributed by atoms with Crippen molar-refractivity contribution in [1.29, 1.82) is 0 Å². The minimum absolute atomic E-state index is 0.0177. The molecule has 0 atom stereocenters. The minimum Gasteiger partial charge on any atom is -0.461 e. The smallest absolute Gasteiger partial charge is 0.259 e. The molecule has 3 aromatic rings. The van der Waals surface area contributed by atoms with Crippen LogP contribution in [-0.4, -0.2) is 61.6 Å². The Morgan fingerprint density at radius 1 is 1.18 bits per heavy atom. The number of hydrogen-bond donors (Lipinski definition) is 1. The molecule has 0 spiro atoms. The van der Waals surface area contributed by atoms with E-state index < -0.39 is 0 Å². The zero-order valence-corrected chi connectivity index (χ0v) is 16.3. The van der Waals surface area contributed by atoms with Gasteiger partial charge in [0.2, 0.25) is 23.6 Å². The number of carbonyl (C=O) groups is 1. The fourth-order valence-corrected chi connectivity index (χ4v) is 3.17. The molecule has 0 bridgehead atoms. The number of carbonyl (C=O) groups excluding carboxylic acids is 1. The zero-order chi connectivity index (χ0) is 19.9. The molecule has 28 heavy (non-hydrogen) atoms. The molecule has 10 nitrogen and oxygen atoms in total. The third-order valence-electron chi connectivity index (χ3n) is 4.56. The van der Waals surface area contributed by atoms with Crippen LogP contribution < -0.4 is 10.6 Å². The summed E-state index contributed by atoms with van der Waals surface area (Å²) in [6.07, 6.45) is 2.10. The number of piperazine rings is 1. The molecule has 1 amide bonds. The molecule has 1 saturated heterocycles. The maximum absolute atomic E-state index is 12.4. The lowest BCUT2D eigenvalue weighted by Gasteiger charge is -2.35. The molecule has 148 valence electrons. The van der Waals surface area contributed by atoms with E-state index in [4.69, 9.17) is 10.2 Å². The molecular weight excluding hydrogens is 360 g/mol. The number of aromatic nitrogens is 5. The number of nitrogens with zero attached hydrogens (tertiary/aromatic N) is 7. The fourth-order valence-electron chi connectivity index (χ4n) is 3.17. The van der Waals surface area contributed by atoms with E-state index in [1.807, 2.05) is 9.80 Å². The lowest BCUT2D eigenvalue weighted by atomic mass is 9.91. The van der Waals surface area contributed by atoms with Crippen molar-refractivity contribution in [2.75, 3.05) is 36.8 Å². The van der Waals surface area contributed by atoms with Gasteiger partial charge in [-0.15, -0.1) is 5.10 Å². The summed E-state index contributed by atoms with van der Waals surface area (Å²) in [7, 11) is 0. The lowest BCUT2D eigenvalue weighted by molar-refractivity contribution is -0.133. The number of furan rings is 1. The Hall–Kier alpha value is -3.17. The number of amides is 1. The first-order chi connectivity index (χ1) is 13.3. The third-order valence-corrected chi connectivity index (χ3v) is 4.56. The van der Waals surface area contributed by atoms with Gasteiger partial charge in [0.15, 0.2) is 5.76 Å². The first-order valence-electron chi connectivity index (χ1n) is 9.27. The Morgan fingerprint density at radius 2 is 1.93 bits per heavy atom. The molecule has 10 heteroatoms. The van der Waals surface area contributed by atoms with Crippen LogP contribution in [0.5, 0.6) is 0 Å². The fraction of sp³-hybridized carbons (Fsp3) is 0.500. The normalized spacial score (nSPS) is 15.4. The maximum Gasteiger partial charge on any atom is 0.259 e. The number of hydrogen-bond acceptors (Lipinski definition) is 8. The van der Waals surface area contributed by atoms with Gasteiger partial charge in [-0.3, -0.25) is 4.79 Å². The molecule has 0 saturated carbocycles. The van der Waals surface area contributed by atoms with Gasteiger partial charge in [0.25, 0.3) is 5.78 Å². The number of anilines is 2. The highest BCUT2D eigenvalue weighted by Gasteiger charge is 2.26. The van der Waals surface area contributed by atoms with Gasteiger partial charge in [0.05, 0.1) is 6.26 Å². The molecule has 4 heterocycles. The predicted octanol–water partition coefficient (Wildman–Crippen LogP) is 1.45. The first-order valence-corrected chi connectivity index (χ1v) is 9.27. The Morgan fingerprint density at radius 3 is 2.57 bits per heavy atom. The van der Waals surface area contributed by atoms with Crippen molar-refractivity contribution in [2.45, 2.75) is 27.2 Å². The van der Waals surface area contributed by atoms with E-state index >= 15 is 0 Å². The van der Waals surface area contributed by atoms with Crippen molar-refractivity contribution < 1.29 is 9.21 Å². The van der Waals surface area contributed by atoms with Crippen LogP contribution in [0.4, 0.5) is 11.9 Å². The van der Waals surface area contributed by atoms with Crippen LogP contribution in [0.15, 0.2) is 22.8 Å².